The zero-order chi connectivity index (χ0) is 15.4. The summed E-state index contributed by atoms with van der Waals surface area (Å²) >= 11 is 3.33. The van der Waals surface area contributed by atoms with Crippen molar-refractivity contribution in [1.29, 1.82) is 5.26 Å². The number of H-pyrrole nitrogens is 1. The van der Waals surface area contributed by atoms with Gasteiger partial charge in [0.1, 0.15) is 5.69 Å². The molecule has 1 N–H and O–H groups in total. The molecule has 1 aromatic heterocycles. The van der Waals surface area contributed by atoms with Crippen LogP contribution in [0, 0.1) is 25.2 Å². The molecule has 5 heteroatoms. The number of hydrogen-bond acceptors (Lipinski definition) is 2. The van der Waals surface area contributed by atoms with Crippen molar-refractivity contribution in [3.63, 3.8) is 0 Å². The van der Waals surface area contributed by atoms with Gasteiger partial charge in [0.05, 0.1) is 12.5 Å². The number of nitrogens with zero attached hydrogens (tertiary/aromatic N) is 2. The number of nitriles is 1. The van der Waals surface area contributed by atoms with Gasteiger partial charge in [-0.3, -0.25) is 4.79 Å². The lowest BCUT2D eigenvalue weighted by atomic mass is 10.1. The maximum Gasteiger partial charge on any atom is 0.274 e. The molecular formula is C16H16BrN3O. The Bertz CT molecular complexity index is 680. The Morgan fingerprint density at radius 2 is 1.95 bits per heavy atom. The van der Waals surface area contributed by atoms with E-state index < -0.39 is 0 Å². The fourth-order valence-electron chi connectivity index (χ4n) is 2.25. The largest absolute Gasteiger partial charge is 0.356 e. The quantitative estimate of drug-likeness (QED) is 0.911. The summed E-state index contributed by atoms with van der Waals surface area (Å²) in [6.07, 6.45) is 2.01. The molecule has 0 bridgehead atoms. The van der Waals surface area contributed by atoms with E-state index in [1.165, 1.54) is 0 Å². The van der Waals surface area contributed by atoms with Crippen molar-refractivity contribution < 1.29 is 4.79 Å². The lowest BCUT2D eigenvalue weighted by molar-refractivity contribution is 0.0983. The summed E-state index contributed by atoms with van der Waals surface area (Å²) in [7, 11) is 0. The molecule has 1 heterocycles. The number of hydrogen-bond donors (Lipinski definition) is 1. The van der Waals surface area contributed by atoms with Gasteiger partial charge in [-0.05, 0) is 59.1 Å². The number of benzene rings is 1. The van der Waals surface area contributed by atoms with Crippen LogP contribution in [-0.4, -0.2) is 17.4 Å². The van der Waals surface area contributed by atoms with Gasteiger partial charge in [0.15, 0.2) is 0 Å². The Balaban J connectivity index is 2.38. The van der Waals surface area contributed by atoms with Crippen LogP contribution in [0.2, 0.25) is 0 Å². The third-order valence-corrected chi connectivity index (χ3v) is 3.55. The lowest BCUT2D eigenvalue weighted by Gasteiger charge is -2.22. The molecular weight excluding hydrogens is 330 g/mol. The number of aromatic amines is 1. The van der Waals surface area contributed by atoms with E-state index in [0.29, 0.717) is 18.7 Å². The number of rotatable bonds is 4. The minimum Gasteiger partial charge on any atom is -0.356 e. The SMILES string of the molecule is Cc1cc(C)cc(N(CCC#N)C(=O)c2cc(Br)c[nH]2)c1. The van der Waals surface area contributed by atoms with E-state index in [1.807, 2.05) is 26.0 Å². The van der Waals surface area contributed by atoms with Crippen LogP contribution in [0.5, 0.6) is 0 Å². The minimum atomic E-state index is -0.138. The average molecular weight is 346 g/mol. The highest BCUT2D eigenvalue weighted by Gasteiger charge is 2.19. The molecule has 0 spiro atoms. The van der Waals surface area contributed by atoms with Gasteiger partial charge >= 0.3 is 0 Å². The summed E-state index contributed by atoms with van der Waals surface area (Å²) in [5, 5.41) is 8.82. The predicted molar refractivity (Wildman–Crippen MR) is 86.3 cm³/mol. The van der Waals surface area contributed by atoms with E-state index >= 15 is 0 Å². The van der Waals surface area contributed by atoms with Gasteiger partial charge in [0, 0.05) is 22.9 Å². The van der Waals surface area contributed by atoms with Crippen molar-refractivity contribution in [3.05, 3.63) is 51.8 Å². The highest BCUT2D eigenvalue weighted by molar-refractivity contribution is 9.10. The van der Waals surface area contributed by atoms with Gasteiger partial charge in [-0.2, -0.15) is 5.26 Å². The molecule has 2 rings (SSSR count). The molecule has 1 amide bonds. The van der Waals surface area contributed by atoms with E-state index in [1.54, 1.807) is 17.2 Å². The van der Waals surface area contributed by atoms with Crippen molar-refractivity contribution in [3.8, 4) is 6.07 Å². The molecule has 0 saturated carbocycles. The first-order chi connectivity index (χ1) is 10.0. The van der Waals surface area contributed by atoms with Crippen molar-refractivity contribution in [2.24, 2.45) is 0 Å². The number of carbonyl (C=O) groups excluding carboxylic acids is 1. The topological polar surface area (TPSA) is 59.9 Å². The van der Waals surface area contributed by atoms with Gasteiger partial charge in [-0.1, -0.05) is 6.07 Å². The van der Waals surface area contributed by atoms with Gasteiger partial charge in [-0.25, -0.2) is 0 Å². The Morgan fingerprint density at radius 3 is 2.48 bits per heavy atom. The van der Waals surface area contributed by atoms with Crippen molar-refractivity contribution in [2.75, 3.05) is 11.4 Å². The van der Waals surface area contributed by atoms with Gasteiger partial charge in [0.25, 0.3) is 5.91 Å². The van der Waals surface area contributed by atoms with Crippen LogP contribution < -0.4 is 4.90 Å². The van der Waals surface area contributed by atoms with Crippen LogP contribution in [0.15, 0.2) is 34.9 Å². The summed E-state index contributed by atoms with van der Waals surface area (Å²) in [6.45, 7) is 4.36. The van der Waals surface area contributed by atoms with Crippen molar-refractivity contribution in [2.45, 2.75) is 20.3 Å². The molecule has 0 aliphatic carbocycles. The van der Waals surface area contributed by atoms with E-state index in [-0.39, 0.29) is 5.91 Å². The maximum atomic E-state index is 12.7. The molecule has 0 aliphatic heterocycles. The summed E-state index contributed by atoms with van der Waals surface area (Å²) < 4.78 is 0.825. The number of aromatic nitrogens is 1. The third kappa shape index (κ3) is 3.73. The molecule has 0 radical (unpaired) electrons. The predicted octanol–water partition coefficient (Wildman–Crippen LogP) is 3.95. The number of nitrogens with one attached hydrogen (secondary N) is 1. The summed E-state index contributed by atoms with van der Waals surface area (Å²) in [5.74, 6) is -0.138. The highest BCUT2D eigenvalue weighted by atomic mass is 79.9. The molecule has 0 saturated heterocycles. The fraction of sp³-hybridized carbons (Fsp3) is 0.250. The number of halogens is 1. The summed E-state index contributed by atoms with van der Waals surface area (Å²) in [4.78, 5) is 17.2. The third-order valence-electron chi connectivity index (χ3n) is 3.09. The maximum absolute atomic E-state index is 12.7. The second-order valence-electron chi connectivity index (χ2n) is 4.94. The minimum absolute atomic E-state index is 0.138. The van der Waals surface area contributed by atoms with E-state index in [9.17, 15) is 4.79 Å². The van der Waals surface area contributed by atoms with Gasteiger partial charge < -0.3 is 9.88 Å². The van der Waals surface area contributed by atoms with Gasteiger partial charge in [-0.15, -0.1) is 0 Å². The van der Waals surface area contributed by atoms with Gasteiger partial charge in [0.2, 0.25) is 0 Å². The van der Waals surface area contributed by atoms with Crippen LogP contribution >= 0.6 is 15.9 Å². The Hall–Kier alpha value is -2.06. The molecule has 4 nitrogen and oxygen atoms in total. The molecule has 0 atom stereocenters. The lowest BCUT2D eigenvalue weighted by Crippen LogP contribution is -2.32. The standard InChI is InChI=1S/C16H16BrN3O/c1-11-6-12(2)8-14(7-11)20(5-3-4-18)16(21)15-9-13(17)10-19-15/h6-10,19H,3,5H2,1-2H3. The molecule has 0 fully saturated rings. The molecule has 1 aromatic carbocycles. The number of aryl methyl sites for hydroxylation is 2. The van der Waals surface area contributed by atoms with Crippen LogP contribution in [-0.2, 0) is 0 Å². The zero-order valence-corrected chi connectivity index (χ0v) is 13.6. The first-order valence-electron chi connectivity index (χ1n) is 6.62. The average Bonchev–Trinajstić information content (AvgIpc) is 2.84. The molecule has 0 aliphatic rings. The first kappa shape index (κ1) is 15.3. The van der Waals surface area contributed by atoms with Crippen LogP contribution in [0.25, 0.3) is 0 Å². The summed E-state index contributed by atoms with van der Waals surface area (Å²) in [6, 6.07) is 9.81. The zero-order valence-electron chi connectivity index (χ0n) is 12.0. The van der Waals surface area contributed by atoms with E-state index in [0.717, 1.165) is 21.3 Å². The number of amides is 1. The fourth-order valence-corrected chi connectivity index (χ4v) is 2.60. The molecule has 0 unspecified atom stereocenters. The normalized spacial score (nSPS) is 10.2. The van der Waals surface area contributed by atoms with Crippen molar-refractivity contribution in [1.82, 2.24) is 4.98 Å². The molecule has 2 aromatic rings. The second-order valence-corrected chi connectivity index (χ2v) is 5.86. The Labute approximate surface area is 132 Å². The highest BCUT2D eigenvalue weighted by Crippen LogP contribution is 2.22. The first-order valence-corrected chi connectivity index (χ1v) is 7.41. The Kier molecular flexibility index (Phi) is 4.81. The monoisotopic (exact) mass is 345 g/mol. The number of anilines is 1. The van der Waals surface area contributed by atoms with E-state index in [2.05, 4.69) is 33.0 Å². The number of carbonyl (C=O) groups is 1. The van der Waals surface area contributed by atoms with E-state index in [4.69, 9.17) is 5.26 Å². The molecule has 108 valence electrons. The van der Waals surface area contributed by atoms with Crippen molar-refractivity contribution >= 4 is 27.5 Å². The van der Waals surface area contributed by atoms with Crippen LogP contribution in [0.3, 0.4) is 0 Å². The Morgan fingerprint density at radius 1 is 1.29 bits per heavy atom. The molecule has 21 heavy (non-hydrogen) atoms. The van der Waals surface area contributed by atoms with Crippen LogP contribution in [0.4, 0.5) is 5.69 Å². The second kappa shape index (κ2) is 6.59. The smallest absolute Gasteiger partial charge is 0.274 e. The summed E-state index contributed by atoms with van der Waals surface area (Å²) in [5.41, 5.74) is 3.50. The van der Waals surface area contributed by atoms with Crippen LogP contribution in [0.1, 0.15) is 28.0 Å².